The van der Waals surface area contributed by atoms with Crippen molar-refractivity contribution in [3.8, 4) is 0 Å². The van der Waals surface area contributed by atoms with E-state index in [-0.39, 0.29) is 29.6 Å². The minimum absolute atomic E-state index is 0.0289. The first-order valence-electron chi connectivity index (χ1n) is 8.26. The Bertz CT molecular complexity index is 1200. The highest BCUT2D eigenvalue weighted by atomic mass is 19.4. The standard InChI is InChI=1S/C17H16F3N5O4/c1-9-6-12(17(18,19)20)22-25(9)8-10-4-5-11(29-10)15(27)21-13-7-14(26)24(3)16(28)23(13)2/h4-7H,8H2,1-3H3,(H,21,27). The predicted octanol–water partition coefficient (Wildman–Crippen LogP) is 1.50. The molecule has 29 heavy (non-hydrogen) atoms. The van der Waals surface area contributed by atoms with Crippen LogP contribution < -0.4 is 16.6 Å². The molecule has 3 heterocycles. The second kappa shape index (κ2) is 7.11. The number of nitrogens with one attached hydrogen (secondary N) is 1. The number of nitrogens with zero attached hydrogens (tertiary/aromatic N) is 4. The smallest absolute Gasteiger partial charge is 0.435 e. The van der Waals surface area contributed by atoms with Gasteiger partial charge in [-0.25, -0.2) is 4.79 Å². The first kappa shape index (κ1) is 20.2. The number of aryl methyl sites for hydroxylation is 1. The molecule has 9 nitrogen and oxygen atoms in total. The Morgan fingerprint density at radius 2 is 1.86 bits per heavy atom. The minimum atomic E-state index is -4.56. The van der Waals surface area contributed by atoms with Crippen molar-refractivity contribution in [3.63, 3.8) is 0 Å². The second-order valence-electron chi connectivity index (χ2n) is 6.31. The molecule has 0 saturated heterocycles. The number of rotatable bonds is 4. The van der Waals surface area contributed by atoms with E-state index < -0.39 is 29.0 Å². The van der Waals surface area contributed by atoms with Crippen LogP contribution in [-0.2, 0) is 26.8 Å². The molecule has 3 aromatic rings. The fourth-order valence-corrected chi connectivity index (χ4v) is 2.57. The largest absolute Gasteiger partial charge is 0.454 e. The van der Waals surface area contributed by atoms with Crippen LogP contribution in [0, 0.1) is 6.92 Å². The van der Waals surface area contributed by atoms with E-state index in [1.807, 2.05) is 0 Å². The summed E-state index contributed by atoms with van der Waals surface area (Å²) in [4.78, 5) is 36.0. The topological polar surface area (TPSA) is 104 Å². The number of hydrogen-bond acceptors (Lipinski definition) is 5. The van der Waals surface area contributed by atoms with Crippen molar-refractivity contribution >= 4 is 11.7 Å². The molecule has 1 amide bonds. The number of hydrogen-bond donors (Lipinski definition) is 1. The quantitative estimate of drug-likeness (QED) is 0.701. The first-order valence-corrected chi connectivity index (χ1v) is 8.26. The minimum Gasteiger partial charge on any atom is -0.454 e. The zero-order chi connectivity index (χ0) is 21.5. The Labute approximate surface area is 161 Å². The molecule has 0 spiro atoms. The van der Waals surface area contributed by atoms with Crippen LogP contribution >= 0.6 is 0 Å². The molecule has 0 radical (unpaired) electrons. The van der Waals surface area contributed by atoms with Crippen molar-refractivity contribution in [2.45, 2.75) is 19.6 Å². The maximum absolute atomic E-state index is 12.8. The third kappa shape index (κ3) is 4.00. The molecule has 3 aromatic heterocycles. The summed E-state index contributed by atoms with van der Waals surface area (Å²) in [6.45, 7) is 1.36. The van der Waals surface area contributed by atoms with E-state index in [0.29, 0.717) is 0 Å². The molecule has 0 aliphatic carbocycles. The molecule has 0 unspecified atom stereocenters. The highest BCUT2D eigenvalue weighted by molar-refractivity contribution is 6.01. The molecule has 0 bridgehead atoms. The second-order valence-corrected chi connectivity index (χ2v) is 6.31. The molecule has 154 valence electrons. The molecular formula is C17H16F3N5O4. The fourth-order valence-electron chi connectivity index (χ4n) is 2.57. The van der Waals surface area contributed by atoms with E-state index in [1.165, 1.54) is 33.2 Å². The predicted molar refractivity (Wildman–Crippen MR) is 94.7 cm³/mol. The summed E-state index contributed by atoms with van der Waals surface area (Å²) >= 11 is 0. The Morgan fingerprint density at radius 3 is 2.48 bits per heavy atom. The number of halogens is 3. The number of furan rings is 1. The van der Waals surface area contributed by atoms with Crippen LogP contribution in [0.5, 0.6) is 0 Å². The number of carbonyl (C=O) groups excluding carboxylic acids is 1. The van der Waals surface area contributed by atoms with Crippen LogP contribution in [0.25, 0.3) is 0 Å². The van der Waals surface area contributed by atoms with E-state index >= 15 is 0 Å². The van der Waals surface area contributed by atoms with Gasteiger partial charge in [0.05, 0.1) is 6.54 Å². The van der Waals surface area contributed by atoms with Gasteiger partial charge in [-0.05, 0) is 25.1 Å². The van der Waals surface area contributed by atoms with Gasteiger partial charge >= 0.3 is 11.9 Å². The first-order chi connectivity index (χ1) is 13.5. The van der Waals surface area contributed by atoms with Gasteiger partial charge in [0.25, 0.3) is 11.5 Å². The number of amides is 1. The number of carbonyl (C=O) groups is 1. The Kier molecular flexibility index (Phi) is 4.95. The summed E-state index contributed by atoms with van der Waals surface area (Å²) in [5.41, 5.74) is -1.97. The van der Waals surface area contributed by atoms with Gasteiger partial charge in [0.15, 0.2) is 11.5 Å². The molecule has 0 aliphatic heterocycles. The molecule has 0 fully saturated rings. The summed E-state index contributed by atoms with van der Waals surface area (Å²) in [6, 6.07) is 4.74. The van der Waals surface area contributed by atoms with E-state index in [4.69, 9.17) is 4.42 Å². The lowest BCUT2D eigenvalue weighted by molar-refractivity contribution is -0.141. The van der Waals surface area contributed by atoms with E-state index in [2.05, 4.69) is 10.4 Å². The highest BCUT2D eigenvalue weighted by Crippen LogP contribution is 2.28. The third-order valence-electron chi connectivity index (χ3n) is 4.23. The molecule has 12 heteroatoms. The van der Waals surface area contributed by atoms with Crippen molar-refractivity contribution in [2.75, 3.05) is 5.32 Å². The van der Waals surface area contributed by atoms with Gasteiger partial charge in [0, 0.05) is 25.9 Å². The Hall–Kier alpha value is -3.57. The number of alkyl halides is 3. The zero-order valence-corrected chi connectivity index (χ0v) is 15.6. The average Bonchev–Trinajstić information content (AvgIpc) is 3.25. The normalized spacial score (nSPS) is 11.7. The highest BCUT2D eigenvalue weighted by Gasteiger charge is 2.34. The van der Waals surface area contributed by atoms with E-state index in [1.54, 1.807) is 0 Å². The van der Waals surface area contributed by atoms with Gasteiger partial charge in [-0.2, -0.15) is 18.3 Å². The van der Waals surface area contributed by atoms with Crippen molar-refractivity contribution < 1.29 is 22.4 Å². The van der Waals surface area contributed by atoms with E-state index in [9.17, 15) is 27.6 Å². The van der Waals surface area contributed by atoms with Gasteiger partial charge in [-0.1, -0.05) is 0 Å². The third-order valence-corrected chi connectivity index (χ3v) is 4.23. The van der Waals surface area contributed by atoms with Crippen LogP contribution in [0.15, 0.2) is 38.3 Å². The zero-order valence-electron chi connectivity index (χ0n) is 15.6. The van der Waals surface area contributed by atoms with Crippen LogP contribution in [0.3, 0.4) is 0 Å². The van der Waals surface area contributed by atoms with Crippen LogP contribution in [0.2, 0.25) is 0 Å². The van der Waals surface area contributed by atoms with Crippen LogP contribution in [0.4, 0.5) is 19.0 Å². The Balaban J connectivity index is 1.79. The Morgan fingerprint density at radius 1 is 1.17 bits per heavy atom. The lowest BCUT2D eigenvalue weighted by Crippen LogP contribution is -2.38. The van der Waals surface area contributed by atoms with E-state index in [0.717, 1.165) is 25.9 Å². The molecule has 0 aliphatic rings. The van der Waals surface area contributed by atoms with Gasteiger partial charge < -0.3 is 9.73 Å². The molecular weight excluding hydrogens is 395 g/mol. The van der Waals surface area contributed by atoms with Crippen molar-refractivity contribution in [2.24, 2.45) is 14.1 Å². The summed E-state index contributed by atoms with van der Waals surface area (Å²) in [6.07, 6.45) is -4.56. The summed E-state index contributed by atoms with van der Waals surface area (Å²) < 4.78 is 46.7. The van der Waals surface area contributed by atoms with Crippen LogP contribution in [0.1, 0.15) is 27.7 Å². The van der Waals surface area contributed by atoms with Crippen molar-refractivity contribution in [1.82, 2.24) is 18.9 Å². The fraction of sp³-hybridized carbons (Fsp3) is 0.294. The summed E-state index contributed by atoms with van der Waals surface area (Å²) in [7, 11) is 2.68. The molecule has 1 N–H and O–H groups in total. The van der Waals surface area contributed by atoms with Gasteiger partial charge in [-0.3, -0.25) is 23.4 Å². The van der Waals surface area contributed by atoms with Gasteiger partial charge in [0.2, 0.25) is 0 Å². The molecule has 0 aromatic carbocycles. The lowest BCUT2D eigenvalue weighted by atomic mass is 10.3. The molecule has 0 saturated carbocycles. The monoisotopic (exact) mass is 411 g/mol. The van der Waals surface area contributed by atoms with Gasteiger partial charge in [0.1, 0.15) is 11.6 Å². The van der Waals surface area contributed by atoms with Crippen molar-refractivity contribution in [3.05, 3.63) is 68.0 Å². The molecule has 0 atom stereocenters. The lowest BCUT2D eigenvalue weighted by Gasteiger charge is -2.09. The average molecular weight is 411 g/mol. The number of anilines is 1. The van der Waals surface area contributed by atoms with Gasteiger partial charge in [-0.15, -0.1) is 0 Å². The SMILES string of the molecule is Cc1cc(C(F)(F)F)nn1Cc1ccc(C(=O)Nc2cc(=O)n(C)c(=O)n2C)o1. The number of aromatic nitrogens is 4. The van der Waals surface area contributed by atoms with Crippen molar-refractivity contribution in [1.29, 1.82) is 0 Å². The summed E-state index contributed by atoms with van der Waals surface area (Å²) in [5, 5.41) is 5.89. The maximum atomic E-state index is 12.8. The van der Waals surface area contributed by atoms with Crippen LogP contribution in [-0.4, -0.2) is 24.8 Å². The summed E-state index contributed by atoms with van der Waals surface area (Å²) in [5.74, 6) is -0.701. The molecule has 3 rings (SSSR count). The maximum Gasteiger partial charge on any atom is 0.435 e.